The van der Waals surface area contributed by atoms with Gasteiger partial charge in [0, 0.05) is 30.6 Å². The number of rotatable bonds is 7. The Morgan fingerprint density at radius 1 is 1.48 bits per heavy atom. The first-order valence-electron chi connectivity index (χ1n) is 8.84. The molecule has 1 aliphatic rings. The maximum absolute atomic E-state index is 12.3. The molecule has 1 aliphatic heterocycles. The number of aromatic nitrogens is 2. The van der Waals surface area contributed by atoms with Crippen LogP contribution in [-0.4, -0.2) is 40.2 Å². The number of piperidine rings is 1. The number of amides is 1. The molecule has 0 spiro atoms. The second kappa shape index (κ2) is 8.96. The van der Waals surface area contributed by atoms with Crippen LogP contribution < -0.4 is 5.32 Å². The number of thiophene rings is 1. The van der Waals surface area contributed by atoms with E-state index in [4.69, 9.17) is 0 Å². The fourth-order valence-electron chi connectivity index (χ4n) is 3.21. The van der Waals surface area contributed by atoms with E-state index in [9.17, 15) is 4.79 Å². The molecule has 136 valence electrons. The maximum Gasteiger partial charge on any atom is 0.221 e. The summed E-state index contributed by atoms with van der Waals surface area (Å²) in [6.45, 7) is 5.83. The molecule has 3 rings (SSSR count). The van der Waals surface area contributed by atoms with Crippen LogP contribution in [0.1, 0.15) is 37.1 Å². The lowest BCUT2D eigenvalue weighted by Gasteiger charge is -2.36. The van der Waals surface area contributed by atoms with Crippen molar-refractivity contribution in [2.75, 3.05) is 19.6 Å². The summed E-state index contributed by atoms with van der Waals surface area (Å²) in [5.41, 5.74) is 0. The molecule has 1 N–H and O–H groups in total. The number of hydrogen-bond donors (Lipinski definition) is 1. The van der Waals surface area contributed by atoms with Crippen LogP contribution in [0.2, 0.25) is 0 Å². The molecule has 0 saturated carbocycles. The van der Waals surface area contributed by atoms with E-state index in [0.29, 0.717) is 19.5 Å². The highest BCUT2D eigenvalue weighted by Crippen LogP contribution is 2.29. The first-order valence-corrected chi connectivity index (χ1v) is 10.5. The fourth-order valence-corrected chi connectivity index (χ4v) is 4.40. The van der Waals surface area contributed by atoms with E-state index in [1.54, 1.807) is 22.2 Å². The minimum absolute atomic E-state index is 0.0820. The third kappa shape index (κ3) is 5.39. The van der Waals surface area contributed by atoms with Crippen LogP contribution in [-0.2, 0) is 11.3 Å². The third-order valence-electron chi connectivity index (χ3n) is 4.79. The van der Waals surface area contributed by atoms with E-state index >= 15 is 0 Å². The van der Waals surface area contributed by atoms with Crippen molar-refractivity contribution in [1.29, 1.82) is 0 Å². The quantitative estimate of drug-likeness (QED) is 0.736. The van der Waals surface area contributed by atoms with Gasteiger partial charge in [0.1, 0.15) is 0 Å². The maximum atomic E-state index is 12.3. The smallest absolute Gasteiger partial charge is 0.221 e. The van der Waals surface area contributed by atoms with Crippen molar-refractivity contribution in [2.24, 2.45) is 5.92 Å². The summed E-state index contributed by atoms with van der Waals surface area (Å²) in [5.74, 6) is 0.891. The van der Waals surface area contributed by atoms with Gasteiger partial charge in [-0.05, 0) is 59.2 Å². The van der Waals surface area contributed by atoms with Gasteiger partial charge < -0.3 is 5.32 Å². The minimum atomic E-state index is 0.0820. The largest absolute Gasteiger partial charge is 0.354 e. The number of nitrogens with one attached hydrogen (secondary N) is 1. The fraction of sp³-hybridized carbons (Fsp3) is 0.556. The van der Waals surface area contributed by atoms with Crippen LogP contribution in [0.15, 0.2) is 34.4 Å². The van der Waals surface area contributed by atoms with E-state index in [1.807, 2.05) is 6.20 Å². The lowest BCUT2D eigenvalue weighted by atomic mass is 9.97. The van der Waals surface area contributed by atoms with E-state index < -0.39 is 0 Å². The third-order valence-corrected chi connectivity index (χ3v) is 6.18. The zero-order valence-electron chi connectivity index (χ0n) is 14.5. The Hall–Kier alpha value is -1.18. The van der Waals surface area contributed by atoms with Crippen molar-refractivity contribution in [1.82, 2.24) is 20.0 Å². The lowest BCUT2D eigenvalue weighted by Crippen LogP contribution is -2.41. The SMILES string of the molecule is CC1CCN(C(CNC(=O)CCn2cc(Br)cn2)c2cccs2)CC1. The summed E-state index contributed by atoms with van der Waals surface area (Å²) in [7, 11) is 0. The predicted molar refractivity (Wildman–Crippen MR) is 105 cm³/mol. The molecule has 1 amide bonds. The summed E-state index contributed by atoms with van der Waals surface area (Å²) in [6.07, 6.45) is 6.55. The number of likely N-dealkylation sites (tertiary alicyclic amines) is 1. The molecule has 3 heterocycles. The number of halogens is 1. The standard InChI is InChI=1S/C18H25BrN4OS/c1-14-4-7-22(8-5-14)16(17-3-2-10-25-17)12-20-18(24)6-9-23-13-15(19)11-21-23/h2-3,10-11,13-14,16H,4-9,12H2,1H3,(H,20,24). The van der Waals surface area contributed by atoms with Crippen LogP contribution in [0.3, 0.4) is 0 Å². The molecule has 5 nitrogen and oxygen atoms in total. The number of carbonyl (C=O) groups excluding carboxylic acids is 1. The Bertz CT molecular complexity index is 664. The number of nitrogens with zero attached hydrogens (tertiary/aromatic N) is 3. The van der Waals surface area contributed by atoms with Gasteiger partial charge in [0.05, 0.1) is 16.7 Å². The molecule has 1 unspecified atom stereocenters. The molecular formula is C18H25BrN4OS. The molecule has 0 aliphatic carbocycles. The molecule has 0 bridgehead atoms. The highest BCUT2D eigenvalue weighted by Gasteiger charge is 2.25. The van der Waals surface area contributed by atoms with Crippen molar-refractivity contribution < 1.29 is 4.79 Å². The zero-order chi connectivity index (χ0) is 17.6. The number of aryl methyl sites for hydroxylation is 1. The van der Waals surface area contributed by atoms with E-state index in [-0.39, 0.29) is 11.9 Å². The zero-order valence-corrected chi connectivity index (χ0v) is 16.9. The molecular weight excluding hydrogens is 400 g/mol. The van der Waals surface area contributed by atoms with Crippen LogP contribution >= 0.6 is 27.3 Å². The van der Waals surface area contributed by atoms with Crippen molar-refractivity contribution in [3.8, 4) is 0 Å². The summed E-state index contributed by atoms with van der Waals surface area (Å²) >= 11 is 5.15. The van der Waals surface area contributed by atoms with Gasteiger partial charge in [0.15, 0.2) is 0 Å². The Balaban J connectivity index is 1.52. The van der Waals surface area contributed by atoms with Gasteiger partial charge in [0.2, 0.25) is 5.91 Å². The van der Waals surface area contributed by atoms with Gasteiger partial charge in [0.25, 0.3) is 0 Å². The van der Waals surface area contributed by atoms with Gasteiger partial charge >= 0.3 is 0 Å². The van der Waals surface area contributed by atoms with E-state index in [1.165, 1.54) is 17.7 Å². The van der Waals surface area contributed by atoms with Crippen LogP contribution in [0.4, 0.5) is 0 Å². The first-order chi connectivity index (χ1) is 12.1. The van der Waals surface area contributed by atoms with Gasteiger partial charge in [-0.1, -0.05) is 13.0 Å². The van der Waals surface area contributed by atoms with Gasteiger partial charge in [-0.15, -0.1) is 11.3 Å². The average molecular weight is 425 g/mol. The predicted octanol–water partition coefficient (Wildman–Crippen LogP) is 3.69. The van der Waals surface area contributed by atoms with E-state index in [2.05, 4.69) is 55.7 Å². The lowest BCUT2D eigenvalue weighted by molar-refractivity contribution is -0.121. The molecule has 0 radical (unpaired) electrons. The summed E-state index contributed by atoms with van der Waals surface area (Å²) in [4.78, 5) is 16.1. The minimum Gasteiger partial charge on any atom is -0.354 e. The van der Waals surface area contributed by atoms with Crippen LogP contribution in [0, 0.1) is 5.92 Å². The van der Waals surface area contributed by atoms with Crippen LogP contribution in [0.25, 0.3) is 0 Å². The Kier molecular flexibility index (Phi) is 6.67. The molecule has 0 aromatic carbocycles. The van der Waals surface area contributed by atoms with Crippen molar-refractivity contribution in [3.05, 3.63) is 39.3 Å². The second-order valence-corrected chi connectivity index (χ2v) is 8.62. The Labute approximate surface area is 161 Å². The normalized spacial score (nSPS) is 17.5. The summed E-state index contributed by atoms with van der Waals surface area (Å²) in [6, 6.07) is 4.56. The summed E-state index contributed by atoms with van der Waals surface area (Å²) < 4.78 is 2.72. The van der Waals surface area contributed by atoms with Crippen LogP contribution in [0.5, 0.6) is 0 Å². The highest BCUT2D eigenvalue weighted by atomic mass is 79.9. The molecule has 1 saturated heterocycles. The first kappa shape index (κ1) is 18.6. The molecule has 2 aromatic rings. The molecule has 2 aromatic heterocycles. The Morgan fingerprint density at radius 3 is 2.92 bits per heavy atom. The van der Waals surface area contributed by atoms with Gasteiger partial charge in [-0.3, -0.25) is 14.4 Å². The summed E-state index contributed by atoms with van der Waals surface area (Å²) in [5, 5.41) is 9.43. The Morgan fingerprint density at radius 2 is 2.28 bits per heavy atom. The number of hydrogen-bond acceptors (Lipinski definition) is 4. The van der Waals surface area contributed by atoms with Gasteiger partial charge in [-0.25, -0.2) is 0 Å². The molecule has 1 atom stereocenters. The van der Waals surface area contributed by atoms with Crippen molar-refractivity contribution in [3.63, 3.8) is 0 Å². The monoisotopic (exact) mass is 424 g/mol. The topological polar surface area (TPSA) is 50.2 Å². The van der Waals surface area contributed by atoms with Crippen molar-refractivity contribution >= 4 is 33.2 Å². The molecule has 1 fully saturated rings. The highest BCUT2D eigenvalue weighted by molar-refractivity contribution is 9.10. The average Bonchev–Trinajstić information content (AvgIpc) is 3.27. The molecule has 25 heavy (non-hydrogen) atoms. The number of carbonyl (C=O) groups is 1. The van der Waals surface area contributed by atoms with E-state index in [0.717, 1.165) is 23.5 Å². The second-order valence-electron chi connectivity index (χ2n) is 6.73. The van der Waals surface area contributed by atoms with Crippen molar-refractivity contribution in [2.45, 2.75) is 38.8 Å². The van der Waals surface area contributed by atoms with Gasteiger partial charge in [-0.2, -0.15) is 5.10 Å². The molecule has 7 heteroatoms.